The highest BCUT2D eigenvalue weighted by molar-refractivity contribution is 5.94. The van der Waals surface area contributed by atoms with Gasteiger partial charge in [-0.1, -0.05) is 26.0 Å². The summed E-state index contributed by atoms with van der Waals surface area (Å²) in [6.07, 6.45) is 0. The summed E-state index contributed by atoms with van der Waals surface area (Å²) in [5, 5.41) is 3.35. The van der Waals surface area contributed by atoms with Crippen LogP contribution in [-0.4, -0.2) is 36.9 Å². The predicted octanol–water partition coefficient (Wildman–Crippen LogP) is 2.64. The molecule has 0 aliphatic heterocycles. The first-order valence-electron chi connectivity index (χ1n) is 6.24. The fraction of sp³-hybridized carbons (Fsp3) is 0.500. The van der Waals surface area contributed by atoms with E-state index < -0.39 is 0 Å². The highest BCUT2D eigenvalue weighted by Crippen LogP contribution is 2.10. The zero-order chi connectivity index (χ0) is 12.7. The molecule has 94 valence electrons. The third kappa shape index (κ3) is 4.57. The van der Waals surface area contributed by atoms with Crippen molar-refractivity contribution in [2.24, 2.45) is 0 Å². The fourth-order valence-corrected chi connectivity index (χ4v) is 1.75. The Bertz CT molecular complexity index is 359. The number of nitrogens with zero attached hydrogens (tertiary/aromatic N) is 1. The van der Waals surface area contributed by atoms with Crippen LogP contribution in [-0.2, 0) is 0 Å². The summed E-state index contributed by atoms with van der Waals surface area (Å²) in [7, 11) is 0. The lowest BCUT2D eigenvalue weighted by molar-refractivity contribution is 0.101. The van der Waals surface area contributed by atoms with Gasteiger partial charge >= 0.3 is 0 Å². The molecule has 3 nitrogen and oxygen atoms in total. The van der Waals surface area contributed by atoms with E-state index in [2.05, 4.69) is 24.1 Å². The van der Waals surface area contributed by atoms with Crippen molar-refractivity contribution < 1.29 is 4.79 Å². The van der Waals surface area contributed by atoms with Crippen LogP contribution in [0.25, 0.3) is 0 Å². The SMILES string of the molecule is CCN(CC)CCNc1cccc(C(C)=O)c1. The van der Waals surface area contributed by atoms with E-state index >= 15 is 0 Å². The van der Waals surface area contributed by atoms with Crippen molar-refractivity contribution in [1.29, 1.82) is 0 Å². The molecule has 17 heavy (non-hydrogen) atoms. The molecule has 0 radical (unpaired) electrons. The lowest BCUT2D eigenvalue weighted by Crippen LogP contribution is -2.28. The van der Waals surface area contributed by atoms with Gasteiger partial charge < -0.3 is 10.2 Å². The Morgan fingerprint density at radius 2 is 2.00 bits per heavy atom. The standard InChI is InChI=1S/C14H22N2O/c1-4-16(5-2)10-9-15-14-8-6-7-13(11-14)12(3)17/h6-8,11,15H,4-5,9-10H2,1-3H3. The number of ketones is 1. The molecule has 0 heterocycles. The van der Waals surface area contributed by atoms with Crippen LogP contribution in [0, 0.1) is 0 Å². The van der Waals surface area contributed by atoms with Crippen LogP contribution in [0.15, 0.2) is 24.3 Å². The Morgan fingerprint density at radius 3 is 2.59 bits per heavy atom. The van der Waals surface area contributed by atoms with Crippen LogP contribution in [0.4, 0.5) is 5.69 Å². The van der Waals surface area contributed by atoms with Crippen molar-refractivity contribution in [3.05, 3.63) is 29.8 Å². The van der Waals surface area contributed by atoms with Gasteiger partial charge in [-0.25, -0.2) is 0 Å². The van der Waals surface area contributed by atoms with Gasteiger partial charge in [-0.2, -0.15) is 0 Å². The number of anilines is 1. The largest absolute Gasteiger partial charge is 0.384 e. The van der Waals surface area contributed by atoms with Crippen molar-refractivity contribution in [1.82, 2.24) is 4.90 Å². The van der Waals surface area contributed by atoms with Crippen LogP contribution >= 0.6 is 0 Å². The lowest BCUT2D eigenvalue weighted by Gasteiger charge is -2.18. The summed E-state index contributed by atoms with van der Waals surface area (Å²) in [5.41, 5.74) is 1.78. The van der Waals surface area contributed by atoms with Crippen molar-refractivity contribution in [2.45, 2.75) is 20.8 Å². The van der Waals surface area contributed by atoms with Crippen LogP contribution in [0.1, 0.15) is 31.1 Å². The summed E-state index contributed by atoms with van der Waals surface area (Å²) in [5.74, 6) is 0.109. The Kier molecular flexibility index (Phi) is 5.70. The minimum Gasteiger partial charge on any atom is -0.384 e. The normalized spacial score (nSPS) is 10.6. The molecule has 0 unspecified atom stereocenters. The molecule has 0 aliphatic carbocycles. The van der Waals surface area contributed by atoms with Crippen molar-refractivity contribution in [2.75, 3.05) is 31.5 Å². The highest BCUT2D eigenvalue weighted by atomic mass is 16.1. The number of Topliss-reactive ketones (excluding diaryl/α,β-unsaturated/α-hetero) is 1. The molecule has 1 aromatic carbocycles. The molecule has 1 rings (SSSR count). The Balaban J connectivity index is 2.46. The number of hydrogen-bond acceptors (Lipinski definition) is 3. The van der Waals surface area contributed by atoms with Gasteiger partial charge in [0.2, 0.25) is 0 Å². The molecule has 0 saturated heterocycles. The zero-order valence-corrected chi connectivity index (χ0v) is 11.0. The van der Waals surface area contributed by atoms with Gasteiger partial charge in [0.05, 0.1) is 0 Å². The minimum atomic E-state index is 0.109. The molecule has 1 N–H and O–H groups in total. The molecule has 3 heteroatoms. The first kappa shape index (κ1) is 13.7. The molecule has 0 fully saturated rings. The number of nitrogens with one attached hydrogen (secondary N) is 1. The predicted molar refractivity (Wildman–Crippen MR) is 72.7 cm³/mol. The summed E-state index contributed by atoms with van der Waals surface area (Å²) < 4.78 is 0. The smallest absolute Gasteiger partial charge is 0.159 e. The monoisotopic (exact) mass is 234 g/mol. The second-order valence-corrected chi connectivity index (χ2v) is 4.09. The Morgan fingerprint density at radius 1 is 1.29 bits per heavy atom. The number of hydrogen-bond donors (Lipinski definition) is 1. The van der Waals surface area contributed by atoms with Crippen LogP contribution < -0.4 is 5.32 Å². The van der Waals surface area contributed by atoms with E-state index in [-0.39, 0.29) is 5.78 Å². The van der Waals surface area contributed by atoms with Crippen molar-refractivity contribution in [3.8, 4) is 0 Å². The van der Waals surface area contributed by atoms with E-state index in [0.29, 0.717) is 0 Å². The second kappa shape index (κ2) is 7.07. The van der Waals surface area contributed by atoms with Gasteiger partial charge in [0.15, 0.2) is 5.78 Å². The van der Waals surface area contributed by atoms with Gasteiger partial charge in [0.25, 0.3) is 0 Å². The third-order valence-electron chi connectivity index (χ3n) is 2.92. The minimum absolute atomic E-state index is 0.109. The number of likely N-dealkylation sites (N-methyl/N-ethyl adjacent to an activating group) is 1. The number of rotatable bonds is 7. The van der Waals surface area contributed by atoms with Gasteiger partial charge in [-0.05, 0) is 32.1 Å². The molecule has 0 amide bonds. The summed E-state index contributed by atoms with van der Waals surface area (Å²) in [6.45, 7) is 10.0. The van der Waals surface area contributed by atoms with E-state index in [0.717, 1.165) is 37.4 Å². The average Bonchev–Trinajstić information content (AvgIpc) is 2.35. The molecule has 1 aromatic rings. The van der Waals surface area contributed by atoms with Gasteiger partial charge in [0.1, 0.15) is 0 Å². The van der Waals surface area contributed by atoms with Crippen LogP contribution in [0.5, 0.6) is 0 Å². The Labute approximate surface area is 104 Å². The van der Waals surface area contributed by atoms with E-state index in [1.807, 2.05) is 24.3 Å². The van der Waals surface area contributed by atoms with E-state index in [9.17, 15) is 4.79 Å². The van der Waals surface area contributed by atoms with Crippen molar-refractivity contribution >= 4 is 11.5 Å². The summed E-state index contributed by atoms with van der Waals surface area (Å²) >= 11 is 0. The molecule has 0 saturated carbocycles. The topological polar surface area (TPSA) is 32.3 Å². The van der Waals surface area contributed by atoms with Gasteiger partial charge in [-0.3, -0.25) is 4.79 Å². The average molecular weight is 234 g/mol. The molecular formula is C14H22N2O. The van der Waals surface area contributed by atoms with Crippen LogP contribution in [0.2, 0.25) is 0 Å². The first-order chi connectivity index (χ1) is 8.17. The molecule has 0 aromatic heterocycles. The molecule has 0 spiro atoms. The molecular weight excluding hydrogens is 212 g/mol. The molecule has 0 aliphatic rings. The number of carbonyl (C=O) groups excluding carboxylic acids is 1. The fourth-order valence-electron chi connectivity index (χ4n) is 1.75. The zero-order valence-electron chi connectivity index (χ0n) is 11.0. The highest BCUT2D eigenvalue weighted by Gasteiger charge is 2.01. The van der Waals surface area contributed by atoms with Gasteiger partial charge in [0, 0.05) is 24.3 Å². The van der Waals surface area contributed by atoms with Gasteiger partial charge in [-0.15, -0.1) is 0 Å². The molecule has 0 atom stereocenters. The maximum absolute atomic E-state index is 11.2. The Hall–Kier alpha value is -1.35. The molecule has 0 bridgehead atoms. The summed E-state index contributed by atoms with van der Waals surface area (Å²) in [4.78, 5) is 13.6. The third-order valence-corrected chi connectivity index (χ3v) is 2.92. The van der Waals surface area contributed by atoms with E-state index in [1.165, 1.54) is 0 Å². The van der Waals surface area contributed by atoms with Crippen molar-refractivity contribution in [3.63, 3.8) is 0 Å². The first-order valence-corrected chi connectivity index (χ1v) is 6.24. The second-order valence-electron chi connectivity index (χ2n) is 4.09. The summed E-state index contributed by atoms with van der Waals surface area (Å²) in [6, 6.07) is 7.66. The number of benzene rings is 1. The number of carbonyl (C=O) groups is 1. The quantitative estimate of drug-likeness (QED) is 0.736. The van der Waals surface area contributed by atoms with E-state index in [1.54, 1.807) is 6.92 Å². The maximum Gasteiger partial charge on any atom is 0.159 e. The maximum atomic E-state index is 11.2. The van der Waals surface area contributed by atoms with E-state index in [4.69, 9.17) is 0 Å². The van der Waals surface area contributed by atoms with Crippen LogP contribution in [0.3, 0.4) is 0 Å². The lowest BCUT2D eigenvalue weighted by atomic mass is 10.1.